The number of hydrogen-bond acceptors (Lipinski definition) is 6. The second-order valence-electron chi connectivity index (χ2n) is 9.91. The van der Waals surface area contributed by atoms with Crippen LogP contribution in [0.1, 0.15) is 62.1 Å². The monoisotopic (exact) mass is 456 g/mol. The quantitative estimate of drug-likeness (QED) is 0.444. The fourth-order valence-corrected chi connectivity index (χ4v) is 6.02. The zero-order valence-corrected chi connectivity index (χ0v) is 20.6. The molecule has 0 bridgehead atoms. The average Bonchev–Trinajstić information content (AvgIpc) is 2.82. The SMILES string of the molecule is CCc1cc(=O)oc2c(C)c(O)c(CN(CCCOC)CC3CCCN4CCCCC34)cc12. The Bertz CT molecular complexity index is 1000. The number of phenolic OH excluding ortho intramolecular Hbond substituents is 1. The van der Waals surface area contributed by atoms with Crippen LogP contribution in [-0.4, -0.2) is 60.8 Å². The van der Waals surface area contributed by atoms with Gasteiger partial charge in [0.2, 0.25) is 0 Å². The summed E-state index contributed by atoms with van der Waals surface area (Å²) in [5.41, 5.74) is 2.70. The van der Waals surface area contributed by atoms with Crippen LogP contribution in [0.2, 0.25) is 0 Å². The van der Waals surface area contributed by atoms with Crippen molar-refractivity contribution in [3.8, 4) is 5.75 Å². The maximum Gasteiger partial charge on any atom is 0.336 e. The van der Waals surface area contributed by atoms with Gasteiger partial charge in [-0.3, -0.25) is 4.90 Å². The summed E-state index contributed by atoms with van der Waals surface area (Å²) < 4.78 is 10.8. The summed E-state index contributed by atoms with van der Waals surface area (Å²) in [6.45, 7) is 9.82. The summed E-state index contributed by atoms with van der Waals surface area (Å²) in [4.78, 5) is 17.2. The number of phenols is 1. The van der Waals surface area contributed by atoms with Crippen molar-refractivity contribution in [2.75, 3.05) is 39.9 Å². The molecule has 0 saturated carbocycles. The molecule has 2 atom stereocenters. The van der Waals surface area contributed by atoms with Gasteiger partial charge in [0.05, 0.1) is 0 Å². The minimum absolute atomic E-state index is 0.249. The number of rotatable bonds is 9. The maximum absolute atomic E-state index is 12.0. The Morgan fingerprint density at radius 3 is 2.79 bits per heavy atom. The van der Waals surface area contributed by atoms with Crippen molar-refractivity contribution in [3.63, 3.8) is 0 Å². The number of aromatic hydroxyl groups is 1. The first-order valence-electron chi connectivity index (χ1n) is 12.7. The van der Waals surface area contributed by atoms with E-state index in [2.05, 4.69) is 9.80 Å². The fourth-order valence-electron chi connectivity index (χ4n) is 6.02. The summed E-state index contributed by atoms with van der Waals surface area (Å²) in [6, 6.07) is 4.32. The molecule has 1 aromatic heterocycles. The molecule has 4 rings (SSSR count). The molecule has 3 heterocycles. The van der Waals surface area contributed by atoms with Crippen LogP contribution in [0.5, 0.6) is 5.75 Å². The Morgan fingerprint density at radius 1 is 1.18 bits per heavy atom. The van der Waals surface area contributed by atoms with Crippen molar-refractivity contribution in [2.24, 2.45) is 5.92 Å². The third-order valence-electron chi connectivity index (χ3n) is 7.72. The first kappa shape index (κ1) is 24.2. The van der Waals surface area contributed by atoms with Gasteiger partial charge in [0.1, 0.15) is 11.3 Å². The Hall–Kier alpha value is -1.89. The predicted octanol–water partition coefficient (Wildman–Crippen LogP) is 4.47. The van der Waals surface area contributed by atoms with Gasteiger partial charge in [0, 0.05) is 62.0 Å². The highest BCUT2D eigenvalue weighted by Crippen LogP contribution is 2.35. The van der Waals surface area contributed by atoms with Crippen LogP contribution in [0.4, 0.5) is 0 Å². The number of methoxy groups -OCH3 is 1. The van der Waals surface area contributed by atoms with E-state index in [-0.39, 0.29) is 11.4 Å². The molecule has 6 nitrogen and oxygen atoms in total. The summed E-state index contributed by atoms with van der Waals surface area (Å²) in [6.07, 6.45) is 8.29. The minimum Gasteiger partial charge on any atom is -0.507 e. The molecule has 1 N–H and O–H groups in total. The first-order chi connectivity index (χ1) is 16.0. The van der Waals surface area contributed by atoms with Crippen LogP contribution in [0, 0.1) is 12.8 Å². The van der Waals surface area contributed by atoms with E-state index in [4.69, 9.17) is 9.15 Å². The Balaban J connectivity index is 1.61. The van der Waals surface area contributed by atoms with Crippen LogP contribution in [0.3, 0.4) is 0 Å². The zero-order chi connectivity index (χ0) is 23.4. The molecule has 6 heteroatoms. The van der Waals surface area contributed by atoms with Crippen LogP contribution in [0.25, 0.3) is 11.0 Å². The number of nitrogens with zero attached hydrogens (tertiary/aromatic N) is 2. The minimum atomic E-state index is -0.356. The van der Waals surface area contributed by atoms with Crippen molar-refractivity contribution in [1.29, 1.82) is 0 Å². The number of hydrogen-bond donors (Lipinski definition) is 1. The summed E-state index contributed by atoms with van der Waals surface area (Å²) >= 11 is 0. The molecule has 2 aliphatic heterocycles. The van der Waals surface area contributed by atoms with E-state index in [1.54, 1.807) is 13.2 Å². The van der Waals surface area contributed by atoms with Gasteiger partial charge in [-0.1, -0.05) is 13.3 Å². The van der Waals surface area contributed by atoms with Gasteiger partial charge in [0.25, 0.3) is 0 Å². The van der Waals surface area contributed by atoms with Crippen LogP contribution in [-0.2, 0) is 17.7 Å². The third-order valence-corrected chi connectivity index (χ3v) is 7.72. The van der Waals surface area contributed by atoms with Gasteiger partial charge in [-0.15, -0.1) is 0 Å². The van der Waals surface area contributed by atoms with E-state index in [9.17, 15) is 9.90 Å². The van der Waals surface area contributed by atoms with E-state index in [1.807, 2.05) is 19.9 Å². The van der Waals surface area contributed by atoms with Gasteiger partial charge < -0.3 is 19.2 Å². The highest BCUT2D eigenvalue weighted by molar-refractivity contribution is 5.86. The van der Waals surface area contributed by atoms with Gasteiger partial charge >= 0.3 is 5.63 Å². The fraction of sp³-hybridized carbons (Fsp3) is 0.667. The van der Waals surface area contributed by atoms with E-state index >= 15 is 0 Å². The number of ether oxygens (including phenoxy) is 1. The number of fused-ring (bicyclic) bond motifs is 2. The molecule has 0 amide bonds. The number of piperidine rings is 2. The third kappa shape index (κ3) is 5.44. The molecule has 2 unspecified atom stereocenters. The van der Waals surface area contributed by atoms with Crippen molar-refractivity contribution < 1.29 is 14.3 Å². The number of benzene rings is 1. The first-order valence-corrected chi connectivity index (χ1v) is 12.7. The normalized spacial score (nSPS) is 21.6. The Labute approximate surface area is 197 Å². The van der Waals surface area contributed by atoms with Crippen molar-refractivity contribution in [2.45, 2.75) is 71.4 Å². The van der Waals surface area contributed by atoms with E-state index in [1.165, 1.54) is 45.2 Å². The molecular formula is C27H40N2O4. The number of aryl methyl sites for hydroxylation is 2. The van der Waals surface area contributed by atoms with Crippen molar-refractivity contribution >= 4 is 11.0 Å². The van der Waals surface area contributed by atoms with Gasteiger partial charge in [-0.05, 0) is 76.1 Å². The molecule has 1 aromatic carbocycles. The molecule has 2 fully saturated rings. The predicted molar refractivity (Wildman–Crippen MR) is 132 cm³/mol. The molecule has 2 saturated heterocycles. The highest BCUT2D eigenvalue weighted by Gasteiger charge is 2.34. The van der Waals surface area contributed by atoms with Gasteiger partial charge in [-0.25, -0.2) is 4.79 Å². The lowest BCUT2D eigenvalue weighted by atomic mass is 9.83. The average molecular weight is 457 g/mol. The molecule has 33 heavy (non-hydrogen) atoms. The summed E-state index contributed by atoms with van der Waals surface area (Å²) in [7, 11) is 1.75. The lowest BCUT2D eigenvalue weighted by Gasteiger charge is -2.45. The van der Waals surface area contributed by atoms with Crippen LogP contribution < -0.4 is 5.63 Å². The molecule has 0 radical (unpaired) electrons. The van der Waals surface area contributed by atoms with E-state index < -0.39 is 0 Å². The largest absolute Gasteiger partial charge is 0.507 e. The highest BCUT2D eigenvalue weighted by atomic mass is 16.5. The topological polar surface area (TPSA) is 66.1 Å². The maximum atomic E-state index is 12.0. The Kier molecular flexibility index (Phi) is 8.10. The lowest BCUT2D eigenvalue weighted by Crippen LogP contribution is -2.51. The molecule has 0 aliphatic carbocycles. The summed E-state index contributed by atoms with van der Waals surface area (Å²) in [5, 5.41) is 12.0. The van der Waals surface area contributed by atoms with Crippen LogP contribution >= 0.6 is 0 Å². The summed E-state index contributed by atoms with van der Waals surface area (Å²) in [5.74, 6) is 0.924. The molecule has 0 spiro atoms. The van der Waals surface area contributed by atoms with Crippen molar-refractivity contribution in [3.05, 3.63) is 39.2 Å². The van der Waals surface area contributed by atoms with Crippen LogP contribution in [0.15, 0.2) is 21.3 Å². The second kappa shape index (κ2) is 11.0. The van der Waals surface area contributed by atoms with Gasteiger partial charge in [0.15, 0.2) is 0 Å². The lowest BCUT2D eigenvalue weighted by molar-refractivity contribution is 0.0372. The zero-order valence-electron chi connectivity index (χ0n) is 20.6. The Morgan fingerprint density at radius 2 is 2.00 bits per heavy atom. The molecule has 182 valence electrons. The second-order valence-corrected chi connectivity index (χ2v) is 9.91. The molecule has 2 aromatic rings. The standard InChI is InChI=1S/C27H40N2O4/c1-4-20-16-25(30)33-27-19(2)26(31)22(15-23(20)27)18-28(11-8-14-32-3)17-21-9-7-13-29-12-6-5-10-24(21)29/h15-16,21,24,31H,4-14,17-18H2,1-3H3. The van der Waals surface area contributed by atoms with Gasteiger partial charge in [-0.2, -0.15) is 0 Å². The molecular weight excluding hydrogens is 416 g/mol. The van der Waals surface area contributed by atoms with E-state index in [0.717, 1.165) is 49.1 Å². The molecule has 2 aliphatic rings. The van der Waals surface area contributed by atoms with Crippen molar-refractivity contribution in [1.82, 2.24) is 9.80 Å². The smallest absolute Gasteiger partial charge is 0.336 e. The van der Waals surface area contributed by atoms with E-state index in [0.29, 0.717) is 29.7 Å².